The lowest BCUT2D eigenvalue weighted by molar-refractivity contribution is 0.223. The van der Waals surface area contributed by atoms with Gasteiger partial charge in [0.1, 0.15) is 5.75 Å². The van der Waals surface area contributed by atoms with Crippen molar-refractivity contribution in [3.05, 3.63) is 24.3 Å². The Balaban J connectivity index is 2.94. The van der Waals surface area contributed by atoms with Crippen LogP contribution < -0.4 is 10.3 Å². The van der Waals surface area contributed by atoms with Crippen molar-refractivity contribution < 1.29 is 13.3 Å². The van der Waals surface area contributed by atoms with E-state index in [1.54, 1.807) is 19.2 Å². The highest BCUT2D eigenvalue weighted by Crippen LogP contribution is 2.14. The number of hydrogen-bond acceptors (Lipinski definition) is 4. The predicted octanol–water partition coefficient (Wildman–Crippen LogP) is 0.603. The van der Waals surface area contributed by atoms with E-state index in [0.717, 1.165) is 0 Å². The van der Waals surface area contributed by atoms with E-state index in [-0.39, 0.29) is 4.90 Å². The molecule has 1 aromatic carbocycles. The maximum Gasteiger partial charge on any atom is 0.175 e. The van der Waals surface area contributed by atoms with E-state index < -0.39 is 9.84 Å². The molecule has 0 aromatic heterocycles. The van der Waals surface area contributed by atoms with Crippen LogP contribution in [0.15, 0.2) is 29.2 Å². The number of nitrogens with one attached hydrogen (secondary N) is 1. The molecular weight excluding hydrogens is 190 g/mol. The average Bonchev–Trinajstić information content (AvgIpc) is 2.04. The maximum absolute atomic E-state index is 11.0. The smallest absolute Gasteiger partial charge is 0.175 e. The fraction of sp³-hybridized carbons (Fsp3) is 0.250. The number of rotatable bonds is 3. The second-order valence-corrected chi connectivity index (χ2v) is 4.57. The van der Waals surface area contributed by atoms with Crippen molar-refractivity contribution in [1.82, 2.24) is 5.48 Å². The lowest BCUT2D eigenvalue weighted by Crippen LogP contribution is -2.10. The van der Waals surface area contributed by atoms with E-state index in [0.29, 0.717) is 5.75 Å². The summed E-state index contributed by atoms with van der Waals surface area (Å²) in [6.07, 6.45) is 1.17. The molecule has 4 nitrogen and oxygen atoms in total. The summed E-state index contributed by atoms with van der Waals surface area (Å²) in [4.78, 5) is 5.22. The molecule has 0 amide bonds. The van der Waals surface area contributed by atoms with Gasteiger partial charge in [-0.05, 0) is 24.3 Å². The zero-order chi connectivity index (χ0) is 9.90. The van der Waals surface area contributed by atoms with Crippen molar-refractivity contribution in [2.24, 2.45) is 0 Å². The Morgan fingerprint density at radius 1 is 1.23 bits per heavy atom. The molecule has 1 rings (SSSR count). The molecule has 0 heterocycles. The minimum atomic E-state index is -3.11. The molecule has 0 radical (unpaired) electrons. The lowest BCUT2D eigenvalue weighted by atomic mass is 10.3. The molecule has 0 aliphatic rings. The summed E-state index contributed by atoms with van der Waals surface area (Å²) in [6.45, 7) is 0. The van der Waals surface area contributed by atoms with E-state index in [2.05, 4.69) is 5.48 Å². The Morgan fingerprint density at radius 3 is 2.15 bits per heavy atom. The van der Waals surface area contributed by atoms with Crippen molar-refractivity contribution in [2.45, 2.75) is 4.90 Å². The predicted molar refractivity (Wildman–Crippen MR) is 49.2 cm³/mol. The first-order valence-electron chi connectivity index (χ1n) is 3.68. The zero-order valence-corrected chi connectivity index (χ0v) is 8.26. The van der Waals surface area contributed by atoms with Crippen LogP contribution in [0.1, 0.15) is 0 Å². The van der Waals surface area contributed by atoms with Crippen molar-refractivity contribution in [2.75, 3.05) is 13.3 Å². The summed E-state index contributed by atoms with van der Waals surface area (Å²) < 4.78 is 22.1. The van der Waals surface area contributed by atoms with Crippen molar-refractivity contribution in [3.8, 4) is 5.75 Å². The molecule has 5 heteroatoms. The highest BCUT2D eigenvalue weighted by molar-refractivity contribution is 7.90. The van der Waals surface area contributed by atoms with E-state index in [1.807, 2.05) is 0 Å². The molecular formula is C8H11NO3S. The molecule has 0 unspecified atom stereocenters. The van der Waals surface area contributed by atoms with Gasteiger partial charge in [0.2, 0.25) is 0 Å². The van der Waals surface area contributed by atoms with Gasteiger partial charge in [-0.1, -0.05) is 0 Å². The molecule has 0 spiro atoms. The molecule has 1 aromatic rings. The zero-order valence-electron chi connectivity index (χ0n) is 7.44. The van der Waals surface area contributed by atoms with Crippen LogP contribution in [-0.4, -0.2) is 21.7 Å². The van der Waals surface area contributed by atoms with Crippen LogP contribution in [0.25, 0.3) is 0 Å². The van der Waals surface area contributed by atoms with Gasteiger partial charge >= 0.3 is 0 Å². The van der Waals surface area contributed by atoms with E-state index in [1.165, 1.54) is 18.4 Å². The normalized spacial score (nSPS) is 11.2. The maximum atomic E-state index is 11.0. The van der Waals surface area contributed by atoms with Crippen LogP contribution in [0.2, 0.25) is 0 Å². The third-order valence-corrected chi connectivity index (χ3v) is 2.60. The van der Waals surface area contributed by atoms with Crippen LogP contribution in [0.3, 0.4) is 0 Å². The fourth-order valence-electron chi connectivity index (χ4n) is 0.873. The minimum Gasteiger partial charge on any atom is -0.409 e. The van der Waals surface area contributed by atoms with Gasteiger partial charge in [-0.15, -0.1) is 0 Å². The first kappa shape index (κ1) is 10.0. The molecule has 0 saturated carbocycles. The summed E-state index contributed by atoms with van der Waals surface area (Å²) in [6, 6.07) is 6.18. The van der Waals surface area contributed by atoms with E-state index >= 15 is 0 Å². The monoisotopic (exact) mass is 201 g/mol. The summed E-state index contributed by atoms with van der Waals surface area (Å²) in [5, 5.41) is 0. The van der Waals surface area contributed by atoms with Crippen LogP contribution in [-0.2, 0) is 9.84 Å². The van der Waals surface area contributed by atoms with Gasteiger partial charge in [0.05, 0.1) is 4.90 Å². The Hall–Kier alpha value is -1.07. The van der Waals surface area contributed by atoms with Crippen molar-refractivity contribution >= 4 is 9.84 Å². The van der Waals surface area contributed by atoms with Gasteiger partial charge < -0.3 is 4.84 Å². The lowest BCUT2D eigenvalue weighted by Gasteiger charge is -2.02. The van der Waals surface area contributed by atoms with Gasteiger partial charge in [0.25, 0.3) is 0 Å². The molecule has 0 aliphatic heterocycles. The summed E-state index contributed by atoms with van der Waals surface area (Å²) in [5.41, 5.74) is 2.49. The number of sulfone groups is 1. The average molecular weight is 201 g/mol. The molecule has 13 heavy (non-hydrogen) atoms. The van der Waals surface area contributed by atoms with Gasteiger partial charge in [-0.2, -0.15) is 5.48 Å². The molecule has 0 aliphatic carbocycles. The highest BCUT2D eigenvalue weighted by atomic mass is 32.2. The number of hydrogen-bond donors (Lipinski definition) is 1. The topological polar surface area (TPSA) is 55.4 Å². The molecule has 0 bridgehead atoms. The SMILES string of the molecule is CNOc1ccc(S(C)(=O)=O)cc1. The standard InChI is InChI=1S/C8H11NO3S/c1-9-12-7-3-5-8(6-4-7)13(2,10)11/h3-6,9H,1-2H3. The van der Waals surface area contributed by atoms with Gasteiger partial charge in [-0.25, -0.2) is 8.42 Å². The summed E-state index contributed by atoms with van der Waals surface area (Å²) in [5.74, 6) is 0.579. The molecule has 1 N–H and O–H groups in total. The molecule has 0 atom stereocenters. The van der Waals surface area contributed by atoms with Crippen LogP contribution in [0.5, 0.6) is 5.75 Å². The van der Waals surface area contributed by atoms with Crippen LogP contribution in [0.4, 0.5) is 0 Å². The second-order valence-electron chi connectivity index (χ2n) is 2.55. The number of hydroxylamine groups is 1. The largest absolute Gasteiger partial charge is 0.409 e. The van der Waals surface area contributed by atoms with Gasteiger partial charge in [0.15, 0.2) is 9.84 Å². The minimum absolute atomic E-state index is 0.288. The summed E-state index contributed by atoms with van der Waals surface area (Å²) >= 11 is 0. The molecule has 0 saturated heterocycles. The first-order valence-corrected chi connectivity index (χ1v) is 5.57. The van der Waals surface area contributed by atoms with Crippen molar-refractivity contribution in [3.63, 3.8) is 0 Å². The van der Waals surface area contributed by atoms with E-state index in [9.17, 15) is 8.42 Å². The van der Waals surface area contributed by atoms with Crippen LogP contribution in [0, 0.1) is 0 Å². The van der Waals surface area contributed by atoms with Crippen LogP contribution >= 0.6 is 0 Å². The van der Waals surface area contributed by atoms with Gasteiger partial charge in [-0.3, -0.25) is 0 Å². The highest BCUT2D eigenvalue weighted by Gasteiger charge is 2.05. The first-order chi connectivity index (χ1) is 6.04. The second kappa shape index (κ2) is 3.76. The number of benzene rings is 1. The molecule has 72 valence electrons. The van der Waals surface area contributed by atoms with Gasteiger partial charge in [0, 0.05) is 13.3 Å². The Morgan fingerprint density at radius 2 is 1.77 bits per heavy atom. The van der Waals surface area contributed by atoms with Crippen molar-refractivity contribution in [1.29, 1.82) is 0 Å². The molecule has 0 fully saturated rings. The quantitative estimate of drug-likeness (QED) is 0.728. The Labute approximate surface area is 77.4 Å². The van der Waals surface area contributed by atoms with E-state index in [4.69, 9.17) is 4.84 Å². The Kier molecular flexibility index (Phi) is 2.90. The third kappa shape index (κ3) is 2.71. The Bertz CT molecular complexity index is 369. The third-order valence-electron chi connectivity index (χ3n) is 1.47. The summed E-state index contributed by atoms with van der Waals surface area (Å²) in [7, 11) is -1.48. The fourth-order valence-corrected chi connectivity index (χ4v) is 1.50.